The van der Waals surface area contributed by atoms with Crippen LogP contribution in [0, 0.1) is 0 Å². The standard InChI is InChI=1S/C17H19N3O/c21-17(13-19-12-14-5-3-9-18-11-14)20-10-4-7-15-6-1-2-8-16(15)20/h1-3,5-6,8-9,11,19H,4,7,10,12-13H2. The van der Waals surface area contributed by atoms with Gasteiger partial charge >= 0.3 is 0 Å². The van der Waals surface area contributed by atoms with Crippen LogP contribution < -0.4 is 10.2 Å². The van der Waals surface area contributed by atoms with Gasteiger partial charge in [-0.05, 0) is 36.1 Å². The van der Waals surface area contributed by atoms with Crippen molar-refractivity contribution in [2.24, 2.45) is 0 Å². The van der Waals surface area contributed by atoms with E-state index < -0.39 is 0 Å². The van der Waals surface area contributed by atoms with Gasteiger partial charge in [-0.1, -0.05) is 24.3 Å². The van der Waals surface area contributed by atoms with E-state index in [0.717, 1.165) is 30.6 Å². The van der Waals surface area contributed by atoms with Crippen molar-refractivity contribution in [3.8, 4) is 0 Å². The second kappa shape index (κ2) is 6.50. The molecule has 1 aromatic heterocycles. The van der Waals surface area contributed by atoms with Crippen LogP contribution in [0.15, 0.2) is 48.8 Å². The van der Waals surface area contributed by atoms with E-state index in [1.807, 2.05) is 41.4 Å². The topological polar surface area (TPSA) is 45.2 Å². The van der Waals surface area contributed by atoms with E-state index >= 15 is 0 Å². The molecule has 2 heterocycles. The Kier molecular flexibility index (Phi) is 4.26. The maximum Gasteiger partial charge on any atom is 0.240 e. The number of fused-ring (bicyclic) bond motifs is 1. The third kappa shape index (κ3) is 3.28. The zero-order chi connectivity index (χ0) is 14.5. The van der Waals surface area contributed by atoms with Gasteiger partial charge in [0.25, 0.3) is 0 Å². The molecule has 1 amide bonds. The lowest BCUT2D eigenvalue weighted by Crippen LogP contribution is -2.41. The number of anilines is 1. The average molecular weight is 281 g/mol. The van der Waals surface area contributed by atoms with Crippen molar-refractivity contribution in [3.63, 3.8) is 0 Å². The minimum Gasteiger partial charge on any atom is -0.311 e. The molecule has 1 N–H and O–H groups in total. The lowest BCUT2D eigenvalue weighted by molar-refractivity contribution is -0.117. The molecule has 0 saturated carbocycles. The molecule has 0 saturated heterocycles. The van der Waals surface area contributed by atoms with Gasteiger partial charge in [-0.15, -0.1) is 0 Å². The Balaban J connectivity index is 1.59. The summed E-state index contributed by atoms with van der Waals surface area (Å²) in [5.41, 5.74) is 3.42. The Bertz CT molecular complexity index is 612. The predicted octanol–water partition coefficient (Wildman–Crippen LogP) is 2.15. The van der Waals surface area contributed by atoms with Crippen LogP contribution in [-0.2, 0) is 17.8 Å². The smallest absolute Gasteiger partial charge is 0.240 e. The van der Waals surface area contributed by atoms with Crippen molar-refractivity contribution in [1.29, 1.82) is 0 Å². The molecule has 108 valence electrons. The molecular formula is C17H19N3O. The summed E-state index contributed by atoms with van der Waals surface area (Å²) < 4.78 is 0. The van der Waals surface area contributed by atoms with E-state index in [2.05, 4.69) is 16.4 Å². The van der Waals surface area contributed by atoms with Crippen LogP contribution in [0.1, 0.15) is 17.5 Å². The molecular weight excluding hydrogens is 262 g/mol. The number of aromatic nitrogens is 1. The van der Waals surface area contributed by atoms with Crippen LogP contribution >= 0.6 is 0 Å². The number of para-hydroxylation sites is 1. The number of hydrogen-bond acceptors (Lipinski definition) is 3. The van der Waals surface area contributed by atoms with Crippen molar-refractivity contribution in [1.82, 2.24) is 10.3 Å². The van der Waals surface area contributed by atoms with Crippen LogP contribution in [0.5, 0.6) is 0 Å². The van der Waals surface area contributed by atoms with E-state index in [1.165, 1.54) is 5.56 Å². The molecule has 0 aliphatic carbocycles. The minimum absolute atomic E-state index is 0.131. The fourth-order valence-electron chi connectivity index (χ4n) is 2.70. The summed E-state index contributed by atoms with van der Waals surface area (Å²) >= 11 is 0. The van der Waals surface area contributed by atoms with Crippen molar-refractivity contribution in [2.45, 2.75) is 19.4 Å². The molecule has 0 spiro atoms. The maximum absolute atomic E-state index is 12.4. The highest BCUT2D eigenvalue weighted by Gasteiger charge is 2.21. The van der Waals surface area contributed by atoms with Gasteiger partial charge in [0.1, 0.15) is 0 Å². The molecule has 0 unspecified atom stereocenters. The lowest BCUT2D eigenvalue weighted by atomic mass is 10.0. The number of carbonyl (C=O) groups excluding carboxylic acids is 1. The highest BCUT2D eigenvalue weighted by atomic mass is 16.2. The van der Waals surface area contributed by atoms with Crippen molar-refractivity contribution in [3.05, 3.63) is 59.9 Å². The summed E-state index contributed by atoms with van der Waals surface area (Å²) in [7, 11) is 0. The predicted molar refractivity (Wildman–Crippen MR) is 83.1 cm³/mol. The average Bonchev–Trinajstić information content (AvgIpc) is 2.55. The van der Waals surface area contributed by atoms with E-state index in [9.17, 15) is 4.79 Å². The zero-order valence-corrected chi connectivity index (χ0v) is 12.0. The van der Waals surface area contributed by atoms with Crippen molar-refractivity contribution in [2.75, 3.05) is 18.0 Å². The Morgan fingerprint density at radius 3 is 3.00 bits per heavy atom. The van der Waals surface area contributed by atoms with Gasteiger partial charge in [-0.3, -0.25) is 9.78 Å². The summed E-state index contributed by atoms with van der Waals surface area (Å²) in [5.74, 6) is 0.131. The summed E-state index contributed by atoms with van der Waals surface area (Å²) in [5, 5.41) is 3.20. The molecule has 3 rings (SSSR count). The second-order valence-corrected chi connectivity index (χ2v) is 5.24. The number of carbonyl (C=O) groups is 1. The Morgan fingerprint density at radius 1 is 1.24 bits per heavy atom. The maximum atomic E-state index is 12.4. The number of aryl methyl sites for hydroxylation is 1. The van der Waals surface area contributed by atoms with Crippen molar-refractivity contribution >= 4 is 11.6 Å². The van der Waals surface area contributed by atoms with Gasteiger partial charge in [0, 0.05) is 31.2 Å². The van der Waals surface area contributed by atoms with E-state index in [1.54, 1.807) is 6.20 Å². The zero-order valence-electron chi connectivity index (χ0n) is 12.0. The van der Waals surface area contributed by atoms with E-state index in [4.69, 9.17) is 0 Å². The first kappa shape index (κ1) is 13.8. The van der Waals surface area contributed by atoms with E-state index in [-0.39, 0.29) is 5.91 Å². The summed E-state index contributed by atoms with van der Waals surface area (Å²) in [6.45, 7) is 1.82. The molecule has 1 aliphatic heterocycles. The van der Waals surface area contributed by atoms with Crippen LogP contribution in [-0.4, -0.2) is 24.0 Å². The minimum atomic E-state index is 0.131. The van der Waals surface area contributed by atoms with E-state index in [0.29, 0.717) is 13.1 Å². The molecule has 1 aromatic carbocycles. The van der Waals surface area contributed by atoms with Crippen LogP contribution in [0.3, 0.4) is 0 Å². The molecule has 0 atom stereocenters. The normalized spacial score (nSPS) is 13.8. The van der Waals surface area contributed by atoms with Gasteiger partial charge in [0.2, 0.25) is 5.91 Å². The number of rotatable bonds is 4. The van der Waals surface area contributed by atoms with Gasteiger partial charge in [0.05, 0.1) is 6.54 Å². The lowest BCUT2D eigenvalue weighted by Gasteiger charge is -2.29. The molecule has 4 heteroatoms. The Hall–Kier alpha value is -2.20. The van der Waals surface area contributed by atoms with Gasteiger partial charge < -0.3 is 10.2 Å². The monoisotopic (exact) mass is 281 g/mol. The molecule has 0 fully saturated rings. The summed E-state index contributed by atoms with van der Waals surface area (Å²) in [6, 6.07) is 12.1. The molecule has 0 bridgehead atoms. The molecule has 1 aliphatic rings. The first-order chi connectivity index (χ1) is 10.3. The fourth-order valence-corrected chi connectivity index (χ4v) is 2.70. The van der Waals surface area contributed by atoms with Crippen LogP contribution in [0.25, 0.3) is 0 Å². The first-order valence-electron chi connectivity index (χ1n) is 7.32. The SMILES string of the molecule is O=C(CNCc1cccnc1)N1CCCc2ccccc21. The Morgan fingerprint density at radius 2 is 2.14 bits per heavy atom. The highest BCUT2D eigenvalue weighted by molar-refractivity contribution is 5.95. The number of hydrogen-bond donors (Lipinski definition) is 1. The van der Waals surface area contributed by atoms with Gasteiger partial charge in [-0.25, -0.2) is 0 Å². The van der Waals surface area contributed by atoms with Gasteiger partial charge in [0.15, 0.2) is 0 Å². The van der Waals surface area contributed by atoms with Crippen LogP contribution in [0.4, 0.5) is 5.69 Å². The van der Waals surface area contributed by atoms with Gasteiger partial charge in [-0.2, -0.15) is 0 Å². The van der Waals surface area contributed by atoms with Crippen molar-refractivity contribution < 1.29 is 4.79 Å². The molecule has 21 heavy (non-hydrogen) atoms. The number of nitrogens with one attached hydrogen (secondary N) is 1. The second-order valence-electron chi connectivity index (χ2n) is 5.24. The molecule has 0 radical (unpaired) electrons. The number of amides is 1. The number of benzene rings is 1. The molecule has 2 aromatic rings. The number of pyridine rings is 1. The third-order valence-electron chi connectivity index (χ3n) is 3.74. The fraction of sp³-hybridized carbons (Fsp3) is 0.294. The largest absolute Gasteiger partial charge is 0.311 e. The highest BCUT2D eigenvalue weighted by Crippen LogP contribution is 2.26. The Labute approximate surface area is 124 Å². The van der Waals surface area contributed by atoms with Crippen LogP contribution in [0.2, 0.25) is 0 Å². The quantitative estimate of drug-likeness (QED) is 0.934. The summed E-state index contributed by atoms with van der Waals surface area (Å²) in [6.07, 6.45) is 5.65. The first-order valence-corrected chi connectivity index (χ1v) is 7.32. The number of nitrogens with zero attached hydrogens (tertiary/aromatic N) is 2. The molecule has 4 nitrogen and oxygen atoms in total. The summed E-state index contributed by atoms with van der Waals surface area (Å²) in [4.78, 5) is 18.4. The third-order valence-corrected chi connectivity index (χ3v) is 3.74.